The average Bonchev–Trinajstić information content (AvgIpc) is 2.90. The molecule has 2 rings (SSSR count). The monoisotopic (exact) mass is 285 g/mol. The van der Waals surface area contributed by atoms with Crippen molar-refractivity contribution in [2.45, 2.75) is 46.0 Å². The van der Waals surface area contributed by atoms with Crippen LogP contribution in [0.2, 0.25) is 0 Å². The highest BCUT2D eigenvalue weighted by atomic mass is 35.5. The Balaban J connectivity index is 1.91. The number of fused-ring (bicyclic) bond motifs is 1. The molecule has 1 aliphatic carbocycles. The Kier molecular flexibility index (Phi) is 4.88. The summed E-state index contributed by atoms with van der Waals surface area (Å²) in [5, 5.41) is 0. The number of hydrogen-bond donors (Lipinski definition) is 0. The Morgan fingerprint density at radius 1 is 1.21 bits per heavy atom. The molecule has 108 valence electrons. The smallest absolute Gasteiger partial charge is 0.233 e. The molecule has 2 amide bonds. The van der Waals surface area contributed by atoms with E-state index in [4.69, 9.17) is 11.6 Å². The van der Waals surface area contributed by atoms with E-state index in [2.05, 4.69) is 13.8 Å². The maximum atomic E-state index is 12.3. The Labute approximate surface area is 120 Å². The van der Waals surface area contributed by atoms with Crippen LogP contribution in [0.1, 0.15) is 46.0 Å². The highest BCUT2D eigenvalue weighted by molar-refractivity contribution is 6.17. The summed E-state index contributed by atoms with van der Waals surface area (Å²) in [5.74, 6) is 1.84. The van der Waals surface area contributed by atoms with Crippen molar-refractivity contribution in [1.29, 1.82) is 0 Å². The number of alkyl halides is 1. The molecule has 0 aromatic heterocycles. The van der Waals surface area contributed by atoms with Crippen LogP contribution in [-0.2, 0) is 9.59 Å². The van der Waals surface area contributed by atoms with Gasteiger partial charge in [0.2, 0.25) is 11.8 Å². The number of nitrogens with zero attached hydrogens (tertiary/aromatic N) is 1. The number of carbonyl (C=O) groups is 2. The third-order valence-corrected chi connectivity index (χ3v) is 5.07. The van der Waals surface area contributed by atoms with E-state index in [9.17, 15) is 9.59 Å². The molecule has 0 spiro atoms. The van der Waals surface area contributed by atoms with Gasteiger partial charge in [-0.2, -0.15) is 0 Å². The quantitative estimate of drug-likeness (QED) is 0.556. The Morgan fingerprint density at radius 2 is 1.79 bits per heavy atom. The van der Waals surface area contributed by atoms with Crippen LogP contribution in [-0.4, -0.2) is 29.1 Å². The third-order valence-electron chi connectivity index (χ3n) is 4.85. The predicted octanol–water partition coefficient (Wildman–Crippen LogP) is 3.06. The van der Waals surface area contributed by atoms with Gasteiger partial charge in [0.15, 0.2) is 0 Å². The lowest BCUT2D eigenvalue weighted by atomic mass is 10.00. The zero-order chi connectivity index (χ0) is 14.0. The van der Waals surface area contributed by atoms with Crippen LogP contribution in [0.4, 0.5) is 0 Å². The third kappa shape index (κ3) is 2.96. The molecule has 3 atom stereocenters. The molecule has 0 bridgehead atoms. The van der Waals surface area contributed by atoms with E-state index < -0.39 is 0 Å². The van der Waals surface area contributed by atoms with Gasteiger partial charge in [0, 0.05) is 12.4 Å². The van der Waals surface area contributed by atoms with Gasteiger partial charge < -0.3 is 0 Å². The summed E-state index contributed by atoms with van der Waals surface area (Å²) in [7, 11) is 0. The minimum atomic E-state index is -0.0132. The first-order valence-electron chi connectivity index (χ1n) is 7.49. The Morgan fingerprint density at radius 3 is 2.26 bits per heavy atom. The van der Waals surface area contributed by atoms with Crippen molar-refractivity contribution < 1.29 is 9.59 Å². The maximum Gasteiger partial charge on any atom is 0.233 e. The fourth-order valence-electron chi connectivity index (χ4n) is 3.43. The molecule has 3 unspecified atom stereocenters. The van der Waals surface area contributed by atoms with Crippen molar-refractivity contribution >= 4 is 23.4 Å². The molecule has 3 nitrogen and oxygen atoms in total. The largest absolute Gasteiger partial charge is 0.282 e. The van der Waals surface area contributed by atoms with Gasteiger partial charge in [0.05, 0.1) is 11.8 Å². The number of carbonyl (C=O) groups excluding carboxylic acids is 2. The van der Waals surface area contributed by atoms with Crippen LogP contribution < -0.4 is 0 Å². The van der Waals surface area contributed by atoms with Crippen LogP contribution in [0.25, 0.3) is 0 Å². The predicted molar refractivity (Wildman–Crippen MR) is 75.8 cm³/mol. The van der Waals surface area contributed by atoms with Gasteiger partial charge in [-0.3, -0.25) is 14.5 Å². The Bertz CT molecular complexity index is 334. The first-order valence-corrected chi connectivity index (χ1v) is 8.03. The second-order valence-corrected chi connectivity index (χ2v) is 6.54. The second-order valence-electron chi connectivity index (χ2n) is 6.16. The van der Waals surface area contributed by atoms with Crippen molar-refractivity contribution in [2.24, 2.45) is 23.7 Å². The number of amides is 2. The summed E-state index contributed by atoms with van der Waals surface area (Å²) in [6.07, 6.45) is 4.74. The van der Waals surface area contributed by atoms with E-state index in [0.717, 1.165) is 32.1 Å². The summed E-state index contributed by atoms with van der Waals surface area (Å²) in [6.45, 7) is 4.85. The van der Waals surface area contributed by atoms with E-state index in [-0.39, 0.29) is 23.7 Å². The lowest BCUT2D eigenvalue weighted by molar-refractivity contribution is -0.140. The molecule has 1 heterocycles. The summed E-state index contributed by atoms with van der Waals surface area (Å²) in [6, 6.07) is 0. The van der Waals surface area contributed by atoms with Crippen molar-refractivity contribution in [2.75, 3.05) is 12.4 Å². The van der Waals surface area contributed by atoms with Crippen LogP contribution in [0, 0.1) is 23.7 Å². The number of imide groups is 1. The molecule has 2 aliphatic rings. The van der Waals surface area contributed by atoms with Crippen LogP contribution in [0.3, 0.4) is 0 Å². The van der Waals surface area contributed by atoms with E-state index in [1.54, 1.807) is 0 Å². The molecule has 2 fully saturated rings. The number of rotatable bonds is 6. The van der Waals surface area contributed by atoms with Gasteiger partial charge in [0.25, 0.3) is 0 Å². The van der Waals surface area contributed by atoms with Gasteiger partial charge in [0.1, 0.15) is 0 Å². The molecule has 1 aliphatic heterocycles. The van der Waals surface area contributed by atoms with Crippen molar-refractivity contribution in [1.82, 2.24) is 4.90 Å². The van der Waals surface area contributed by atoms with E-state index in [1.165, 1.54) is 4.90 Å². The summed E-state index contributed by atoms with van der Waals surface area (Å²) in [4.78, 5) is 26.1. The summed E-state index contributed by atoms with van der Waals surface area (Å²) < 4.78 is 0. The zero-order valence-corrected chi connectivity index (χ0v) is 12.7. The summed E-state index contributed by atoms with van der Waals surface area (Å²) in [5.41, 5.74) is 0. The van der Waals surface area contributed by atoms with Crippen LogP contribution in [0.15, 0.2) is 0 Å². The lowest BCUT2D eigenvalue weighted by Crippen LogP contribution is -2.34. The molecular formula is C15H24ClNO2. The topological polar surface area (TPSA) is 37.4 Å². The van der Waals surface area contributed by atoms with Crippen LogP contribution in [0.5, 0.6) is 0 Å². The fraction of sp³-hybridized carbons (Fsp3) is 0.867. The van der Waals surface area contributed by atoms with E-state index in [0.29, 0.717) is 24.3 Å². The maximum absolute atomic E-state index is 12.3. The molecule has 0 radical (unpaired) electrons. The van der Waals surface area contributed by atoms with E-state index in [1.807, 2.05) is 0 Å². The second kappa shape index (κ2) is 6.25. The molecular weight excluding hydrogens is 262 g/mol. The highest BCUT2D eigenvalue weighted by Crippen LogP contribution is 2.44. The van der Waals surface area contributed by atoms with Crippen molar-refractivity contribution in [3.05, 3.63) is 0 Å². The number of likely N-dealkylation sites (tertiary alicyclic amines) is 1. The average molecular weight is 286 g/mol. The van der Waals surface area contributed by atoms with Gasteiger partial charge in [-0.05, 0) is 37.5 Å². The number of halogens is 1. The highest BCUT2D eigenvalue weighted by Gasteiger charge is 2.51. The summed E-state index contributed by atoms with van der Waals surface area (Å²) >= 11 is 5.71. The van der Waals surface area contributed by atoms with Crippen molar-refractivity contribution in [3.8, 4) is 0 Å². The molecule has 1 saturated carbocycles. The first-order chi connectivity index (χ1) is 9.08. The van der Waals surface area contributed by atoms with Crippen molar-refractivity contribution in [3.63, 3.8) is 0 Å². The van der Waals surface area contributed by atoms with E-state index >= 15 is 0 Å². The number of hydrogen-bond acceptors (Lipinski definition) is 2. The SMILES string of the molecule is CCC1CC2C(=O)N(CCC(C)CCCl)C(=O)C2C1. The van der Waals surface area contributed by atoms with Gasteiger partial charge >= 0.3 is 0 Å². The lowest BCUT2D eigenvalue weighted by Gasteiger charge is -2.19. The minimum absolute atomic E-state index is 0.0132. The Hall–Kier alpha value is -0.570. The zero-order valence-electron chi connectivity index (χ0n) is 11.9. The molecule has 0 aromatic carbocycles. The first kappa shape index (κ1) is 14.8. The van der Waals surface area contributed by atoms with Gasteiger partial charge in [-0.15, -0.1) is 11.6 Å². The molecule has 0 N–H and O–H groups in total. The molecule has 19 heavy (non-hydrogen) atoms. The standard InChI is InChI=1S/C15H24ClNO2/c1-3-11-8-12-13(9-11)15(19)17(14(12)18)7-5-10(2)4-6-16/h10-13H,3-9H2,1-2H3. The van der Waals surface area contributed by atoms with Crippen LogP contribution >= 0.6 is 11.6 Å². The fourth-order valence-corrected chi connectivity index (χ4v) is 3.80. The normalized spacial score (nSPS) is 31.9. The van der Waals surface area contributed by atoms with Gasteiger partial charge in [-0.25, -0.2) is 0 Å². The molecule has 4 heteroatoms. The molecule has 1 saturated heterocycles. The minimum Gasteiger partial charge on any atom is -0.282 e. The molecule has 0 aromatic rings. The van der Waals surface area contributed by atoms with Gasteiger partial charge in [-0.1, -0.05) is 20.3 Å².